The number of halogens is 1. The summed E-state index contributed by atoms with van der Waals surface area (Å²) in [7, 11) is 1.58. The summed E-state index contributed by atoms with van der Waals surface area (Å²) in [5, 5.41) is 12.0. The van der Waals surface area contributed by atoms with Gasteiger partial charge in [-0.05, 0) is 5.57 Å². The molecule has 0 spiro atoms. The van der Waals surface area contributed by atoms with Gasteiger partial charge in [0.1, 0.15) is 12.3 Å². The van der Waals surface area contributed by atoms with Crippen LogP contribution in [0.3, 0.4) is 0 Å². The molecule has 0 amide bonds. The number of hydrogen-bond donors (Lipinski definition) is 4. The van der Waals surface area contributed by atoms with Crippen LogP contribution < -0.4 is 19.3 Å². The third-order valence-corrected chi connectivity index (χ3v) is 2.80. The molecule has 0 unspecified atom stereocenters. The molecule has 1 rings (SSSR count). The molecule has 0 aromatic carbocycles. The first-order valence-electron chi connectivity index (χ1n) is 5.79. The summed E-state index contributed by atoms with van der Waals surface area (Å²) >= 11 is 1.93. The zero-order valence-corrected chi connectivity index (χ0v) is 13.3. The number of aromatic nitrogens is 2. The topological polar surface area (TPSA) is 115 Å². The molecule has 0 aliphatic rings. The van der Waals surface area contributed by atoms with Crippen LogP contribution in [-0.4, -0.2) is 48.5 Å². The van der Waals surface area contributed by atoms with E-state index in [1.54, 1.807) is 7.11 Å². The average Bonchev–Trinajstić information content (AvgIpc) is 2.44. The number of ether oxygens (including phenoxy) is 2. The van der Waals surface area contributed by atoms with E-state index in [0.29, 0.717) is 36.8 Å². The van der Waals surface area contributed by atoms with Crippen molar-refractivity contribution in [3.8, 4) is 6.01 Å². The standard InChI is InChI=1S/C11H18IN5O3/c1-7(6-18)5-14-10-8(17-12)9(13)15-11(16-10)20-4-3-19-2/h17-18H,1,3-6H2,2H3,(H3,13,14,15,16). The van der Waals surface area contributed by atoms with E-state index in [-0.39, 0.29) is 18.4 Å². The second-order valence-corrected chi connectivity index (χ2v) is 4.35. The summed E-state index contributed by atoms with van der Waals surface area (Å²) < 4.78 is 13.1. The maximum absolute atomic E-state index is 8.94. The molecule has 1 aromatic heterocycles. The molecular weight excluding hydrogens is 377 g/mol. The highest BCUT2D eigenvalue weighted by Gasteiger charge is 2.12. The van der Waals surface area contributed by atoms with Crippen LogP contribution in [-0.2, 0) is 4.74 Å². The molecular formula is C11H18IN5O3. The summed E-state index contributed by atoms with van der Waals surface area (Å²) in [5.41, 5.74) is 7.01. The van der Waals surface area contributed by atoms with Crippen LogP contribution in [0.5, 0.6) is 6.01 Å². The third kappa shape index (κ3) is 4.98. The molecule has 0 saturated carbocycles. The van der Waals surface area contributed by atoms with Gasteiger partial charge in [0.05, 0.1) is 36.1 Å². The third-order valence-electron chi connectivity index (χ3n) is 2.26. The molecule has 9 heteroatoms. The number of hydrogen-bond acceptors (Lipinski definition) is 8. The van der Waals surface area contributed by atoms with E-state index in [4.69, 9.17) is 20.3 Å². The van der Waals surface area contributed by atoms with Crippen molar-refractivity contribution in [3.63, 3.8) is 0 Å². The van der Waals surface area contributed by atoms with Gasteiger partial charge in [-0.15, -0.1) is 0 Å². The van der Waals surface area contributed by atoms with Crippen LogP contribution in [0, 0.1) is 0 Å². The van der Waals surface area contributed by atoms with Gasteiger partial charge in [-0.1, -0.05) is 6.58 Å². The first-order valence-corrected chi connectivity index (χ1v) is 6.87. The highest BCUT2D eigenvalue weighted by molar-refractivity contribution is 14.1. The number of aliphatic hydroxyl groups excluding tert-OH is 1. The Morgan fingerprint density at radius 1 is 1.45 bits per heavy atom. The maximum Gasteiger partial charge on any atom is 0.320 e. The highest BCUT2D eigenvalue weighted by Crippen LogP contribution is 2.28. The van der Waals surface area contributed by atoms with Crippen LogP contribution in [0.4, 0.5) is 17.3 Å². The van der Waals surface area contributed by atoms with Crippen molar-refractivity contribution in [2.24, 2.45) is 0 Å². The molecule has 112 valence electrons. The molecule has 0 atom stereocenters. The van der Waals surface area contributed by atoms with Gasteiger partial charge >= 0.3 is 6.01 Å². The van der Waals surface area contributed by atoms with E-state index in [2.05, 4.69) is 25.4 Å². The zero-order chi connectivity index (χ0) is 15.0. The summed E-state index contributed by atoms with van der Waals surface area (Å²) in [6.07, 6.45) is 0. The van der Waals surface area contributed by atoms with Crippen LogP contribution in [0.15, 0.2) is 12.2 Å². The molecule has 0 bridgehead atoms. The van der Waals surface area contributed by atoms with E-state index < -0.39 is 0 Å². The van der Waals surface area contributed by atoms with Crippen LogP contribution >= 0.6 is 22.9 Å². The van der Waals surface area contributed by atoms with Crippen molar-refractivity contribution in [1.82, 2.24) is 9.97 Å². The largest absolute Gasteiger partial charge is 0.461 e. The number of nitrogens with zero attached hydrogens (tertiary/aromatic N) is 2. The molecule has 0 aliphatic carbocycles. The number of nitrogens with two attached hydrogens (primary N) is 1. The van der Waals surface area contributed by atoms with Crippen molar-refractivity contribution >= 4 is 40.2 Å². The second-order valence-electron chi connectivity index (χ2n) is 3.81. The van der Waals surface area contributed by atoms with Gasteiger partial charge in [0.15, 0.2) is 11.6 Å². The van der Waals surface area contributed by atoms with Gasteiger partial charge in [0.2, 0.25) is 0 Å². The quantitative estimate of drug-likeness (QED) is 0.210. The first kappa shape index (κ1) is 16.7. The highest BCUT2D eigenvalue weighted by atomic mass is 127. The van der Waals surface area contributed by atoms with Gasteiger partial charge in [-0.25, -0.2) is 0 Å². The van der Waals surface area contributed by atoms with Crippen molar-refractivity contribution in [2.45, 2.75) is 0 Å². The van der Waals surface area contributed by atoms with E-state index in [1.807, 2.05) is 22.9 Å². The van der Waals surface area contributed by atoms with Crippen molar-refractivity contribution in [2.75, 3.05) is 48.1 Å². The first-order chi connectivity index (χ1) is 9.62. The maximum atomic E-state index is 8.94. The molecule has 5 N–H and O–H groups in total. The predicted octanol–water partition coefficient (Wildman–Crippen LogP) is 0.806. The van der Waals surface area contributed by atoms with Crippen molar-refractivity contribution in [1.29, 1.82) is 0 Å². The molecule has 1 aromatic rings. The van der Waals surface area contributed by atoms with Crippen LogP contribution in [0.1, 0.15) is 0 Å². The summed E-state index contributed by atoms with van der Waals surface area (Å²) in [4.78, 5) is 8.25. The van der Waals surface area contributed by atoms with Gasteiger partial charge in [-0.2, -0.15) is 9.97 Å². The number of nitrogens with one attached hydrogen (secondary N) is 2. The Labute approximate surface area is 131 Å². The molecule has 0 saturated heterocycles. The van der Waals surface area contributed by atoms with Gasteiger partial charge in [0, 0.05) is 13.7 Å². The Morgan fingerprint density at radius 2 is 2.20 bits per heavy atom. The smallest absolute Gasteiger partial charge is 0.320 e. The van der Waals surface area contributed by atoms with E-state index in [0.717, 1.165) is 0 Å². The summed E-state index contributed by atoms with van der Waals surface area (Å²) in [6, 6.07) is 0.159. The fraction of sp³-hybridized carbons (Fsp3) is 0.455. The lowest BCUT2D eigenvalue weighted by molar-refractivity contribution is 0.141. The summed E-state index contributed by atoms with van der Waals surface area (Å²) in [5.74, 6) is 0.743. The Bertz CT molecular complexity index is 458. The number of rotatable bonds is 9. The lowest BCUT2D eigenvalue weighted by Crippen LogP contribution is -2.13. The Hall–Kier alpha value is -1.33. The van der Waals surface area contributed by atoms with E-state index in [1.165, 1.54) is 0 Å². The average molecular weight is 395 g/mol. The van der Waals surface area contributed by atoms with Gasteiger partial charge in [-0.3, -0.25) is 0 Å². The second kappa shape index (κ2) is 8.76. The molecule has 20 heavy (non-hydrogen) atoms. The summed E-state index contributed by atoms with van der Waals surface area (Å²) in [6.45, 7) is 4.72. The van der Waals surface area contributed by atoms with E-state index in [9.17, 15) is 0 Å². The Morgan fingerprint density at radius 3 is 2.80 bits per heavy atom. The van der Waals surface area contributed by atoms with Gasteiger partial charge < -0.3 is 29.2 Å². The van der Waals surface area contributed by atoms with Crippen molar-refractivity contribution in [3.05, 3.63) is 12.2 Å². The Kier molecular flexibility index (Phi) is 7.33. The molecule has 0 aliphatic heterocycles. The minimum atomic E-state index is -0.0994. The molecule has 0 radical (unpaired) electrons. The minimum Gasteiger partial charge on any atom is -0.461 e. The van der Waals surface area contributed by atoms with E-state index >= 15 is 0 Å². The number of anilines is 3. The fourth-order valence-corrected chi connectivity index (χ4v) is 1.76. The molecule has 1 heterocycles. The lowest BCUT2D eigenvalue weighted by Gasteiger charge is -2.13. The Balaban J connectivity index is 2.85. The SMILES string of the molecule is C=C(CO)CNc1nc(OCCOC)nc(N)c1NI. The lowest BCUT2D eigenvalue weighted by atomic mass is 10.3. The minimum absolute atomic E-state index is 0.0994. The van der Waals surface area contributed by atoms with Crippen molar-refractivity contribution < 1.29 is 14.6 Å². The normalized spacial score (nSPS) is 10.2. The number of nitrogen functional groups attached to an aromatic ring is 1. The fourth-order valence-electron chi connectivity index (χ4n) is 1.22. The molecule has 0 fully saturated rings. The monoisotopic (exact) mass is 395 g/mol. The van der Waals surface area contributed by atoms with Crippen LogP contribution in [0.2, 0.25) is 0 Å². The molecule has 8 nitrogen and oxygen atoms in total. The van der Waals surface area contributed by atoms with Crippen LogP contribution in [0.25, 0.3) is 0 Å². The zero-order valence-electron chi connectivity index (χ0n) is 11.1. The number of aliphatic hydroxyl groups is 1. The number of methoxy groups -OCH3 is 1. The van der Waals surface area contributed by atoms with Gasteiger partial charge in [0.25, 0.3) is 0 Å². The predicted molar refractivity (Wildman–Crippen MR) is 86.2 cm³/mol.